The van der Waals surface area contributed by atoms with Crippen molar-refractivity contribution in [2.75, 3.05) is 10.8 Å². The van der Waals surface area contributed by atoms with E-state index in [1.54, 1.807) is 36.4 Å². The lowest BCUT2D eigenvalue weighted by molar-refractivity contribution is -0.128. The highest BCUT2D eigenvalue weighted by Crippen LogP contribution is 2.40. The maximum Gasteiger partial charge on any atom is 0.264 e. The van der Waals surface area contributed by atoms with Crippen LogP contribution >= 0.6 is 0 Å². The molecule has 5 rings (SSSR count). The van der Waals surface area contributed by atoms with Gasteiger partial charge in [-0.25, -0.2) is 8.42 Å². The van der Waals surface area contributed by atoms with Crippen LogP contribution in [0.1, 0.15) is 75.3 Å². The molecular formula is C32H38N2O4S. The molecule has 3 aromatic rings. The predicted octanol–water partition coefficient (Wildman–Crippen LogP) is 6.09. The fourth-order valence-corrected chi connectivity index (χ4v) is 6.95. The van der Waals surface area contributed by atoms with Gasteiger partial charge in [0.2, 0.25) is 0 Å². The van der Waals surface area contributed by atoms with Crippen LogP contribution < -0.4 is 14.4 Å². The van der Waals surface area contributed by atoms with E-state index in [1.807, 2.05) is 19.1 Å². The molecule has 0 bridgehead atoms. The summed E-state index contributed by atoms with van der Waals surface area (Å²) in [5.41, 5.74) is 5.09. The Labute approximate surface area is 232 Å². The zero-order valence-electron chi connectivity index (χ0n) is 23.2. The molecule has 0 fully saturated rings. The molecule has 206 valence electrons. The molecule has 3 aromatic carbocycles. The lowest BCUT2D eigenvalue weighted by Gasteiger charge is -2.36. The lowest BCUT2D eigenvalue weighted by Crippen LogP contribution is -2.51. The summed E-state index contributed by atoms with van der Waals surface area (Å²) in [5.74, 6) is 0.0640. The van der Waals surface area contributed by atoms with Gasteiger partial charge in [0.25, 0.3) is 15.9 Å². The van der Waals surface area contributed by atoms with E-state index in [2.05, 4.69) is 44.3 Å². The average Bonchev–Trinajstić information content (AvgIpc) is 2.94. The van der Waals surface area contributed by atoms with Gasteiger partial charge in [-0.1, -0.05) is 70.2 Å². The highest BCUT2D eigenvalue weighted by molar-refractivity contribution is 7.92. The molecule has 1 N–H and O–H groups in total. The minimum absolute atomic E-state index is 0.107. The van der Waals surface area contributed by atoms with E-state index in [4.69, 9.17) is 4.74 Å². The van der Waals surface area contributed by atoms with Crippen LogP contribution in [-0.4, -0.2) is 27.0 Å². The second-order valence-electron chi connectivity index (χ2n) is 11.6. The third-order valence-electron chi connectivity index (χ3n) is 7.82. The number of hydrogen-bond acceptors (Lipinski definition) is 4. The number of aryl methyl sites for hydroxylation is 2. The monoisotopic (exact) mass is 546 g/mol. The van der Waals surface area contributed by atoms with Crippen LogP contribution in [0.25, 0.3) is 0 Å². The smallest absolute Gasteiger partial charge is 0.264 e. The maximum atomic E-state index is 13.9. The van der Waals surface area contributed by atoms with Crippen molar-refractivity contribution in [2.45, 2.75) is 82.3 Å². The topological polar surface area (TPSA) is 75.7 Å². The Kier molecular flexibility index (Phi) is 7.47. The number of amides is 1. The van der Waals surface area contributed by atoms with E-state index < -0.39 is 16.1 Å². The van der Waals surface area contributed by atoms with Crippen molar-refractivity contribution in [1.29, 1.82) is 0 Å². The Balaban J connectivity index is 1.46. The first kappa shape index (κ1) is 27.3. The fraction of sp³-hybridized carbons (Fsp3) is 0.406. The molecule has 39 heavy (non-hydrogen) atoms. The van der Waals surface area contributed by atoms with Crippen LogP contribution in [0.5, 0.6) is 5.75 Å². The summed E-state index contributed by atoms with van der Waals surface area (Å²) in [6.07, 6.45) is 4.32. The van der Waals surface area contributed by atoms with Gasteiger partial charge < -0.3 is 10.1 Å². The highest BCUT2D eigenvalue weighted by atomic mass is 32.2. The van der Waals surface area contributed by atoms with E-state index >= 15 is 0 Å². The molecule has 2 aliphatic rings. The minimum atomic E-state index is -3.93. The Morgan fingerprint density at radius 3 is 2.41 bits per heavy atom. The Bertz CT molecular complexity index is 1460. The van der Waals surface area contributed by atoms with Crippen molar-refractivity contribution < 1.29 is 17.9 Å². The molecule has 0 spiro atoms. The Hall–Kier alpha value is -3.32. The lowest BCUT2D eigenvalue weighted by atomic mass is 9.86. The van der Waals surface area contributed by atoms with Crippen LogP contribution in [0.15, 0.2) is 71.6 Å². The number of rotatable bonds is 6. The minimum Gasteiger partial charge on any atom is -0.476 e. The summed E-state index contributed by atoms with van der Waals surface area (Å²) < 4.78 is 35.2. The molecule has 7 heteroatoms. The van der Waals surface area contributed by atoms with Gasteiger partial charge in [-0.05, 0) is 84.0 Å². The molecule has 0 unspecified atom stereocenters. The van der Waals surface area contributed by atoms with E-state index in [0.29, 0.717) is 11.4 Å². The quantitative estimate of drug-likeness (QED) is 0.406. The van der Waals surface area contributed by atoms with Gasteiger partial charge in [0, 0.05) is 0 Å². The number of nitrogens with one attached hydrogen (secondary N) is 1. The normalized spacial score (nSPS) is 17.9. The standard InChI is InChI=1S/C32H38N2O4S/c1-5-27(24-16-15-22-11-9-10-12-23(22)19-24)33-31(35)30-21-34(39(36,37)26-13-7-6-8-14-26)28-20-25(32(2,3)4)17-18-29(28)38-30/h6-8,13-20,27,30H,5,9-12,21H2,1-4H3,(H,33,35)/t27-,30-/m0/s1. The van der Waals surface area contributed by atoms with Crippen molar-refractivity contribution in [2.24, 2.45) is 0 Å². The summed E-state index contributed by atoms with van der Waals surface area (Å²) in [4.78, 5) is 13.8. The van der Waals surface area contributed by atoms with E-state index in [0.717, 1.165) is 30.4 Å². The van der Waals surface area contributed by atoms with Crippen LogP contribution in [0.4, 0.5) is 5.69 Å². The molecule has 0 saturated heterocycles. The third-order valence-corrected chi connectivity index (χ3v) is 9.61. The van der Waals surface area contributed by atoms with Gasteiger partial charge in [0.1, 0.15) is 5.75 Å². The number of benzene rings is 3. The summed E-state index contributed by atoms with van der Waals surface area (Å²) in [6.45, 7) is 8.18. The van der Waals surface area contributed by atoms with Gasteiger partial charge >= 0.3 is 0 Å². The predicted molar refractivity (Wildman–Crippen MR) is 155 cm³/mol. The fourth-order valence-electron chi connectivity index (χ4n) is 5.46. The van der Waals surface area contributed by atoms with Crippen molar-refractivity contribution in [3.05, 3.63) is 89.0 Å². The Morgan fingerprint density at radius 1 is 1.00 bits per heavy atom. The van der Waals surface area contributed by atoms with Crippen molar-refractivity contribution >= 4 is 21.6 Å². The number of carbonyl (C=O) groups is 1. The number of sulfonamides is 1. The number of fused-ring (bicyclic) bond motifs is 2. The van der Waals surface area contributed by atoms with Gasteiger partial charge in [0.15, 0.2) is 6.10 Å². The molecule has 1 amide bonds. The van der Waals surface area contributed by atoms with Crippen molar-refractivity contribution in [3.63, 3.8) is 0 Å². The number of nitrogens with zero attached hydrogens (tertiary/aromatic N) is 1. The van der Waals surface area contributed by atoms with Crippen LogP contribution in [0.2, 0.25) is 0 Å². The molecule has 1 heterocycles. The molecule has 6 nitrogen and oxygen atoms in total. The molecule has 2 atom stereocenters. The van der Waals surface area contributed by atoms with Gasteiger partial charge in [-0.3, -0.25) is 9.10 Å². The zero-order valence-corrected chi connectivity index (χ0v) is 24.1. The van der Waals surface area contributed by atoms with Crippen molar-refractivity contribution in [1.82, 2.24) is 5.32 Å². The second kappa shape index (κ2) is 10.7. The van der Waals surface area contributed by atoms with Gasteiger partial charge in [-0.2, -0.15) is 0 Å². The highest BCUT2D eigenvalue weighted by Gasteiger charge is 2.38. The maximum absolute atomic E-state index is 13.9. The third kappa shape index (κ3) is 5.55. The summed E-state index contributed by atoms with van der Waals surface area (Å²) >= 11 is 0. The van der Waals surface area contributed by atoms with E-state index in [9.17, 15) is 13.2 Å². The molecule has 1 aliphatic heterocycles. The van der Waals surface area contributed by atoms with E-state index in [1.165, 1.54) is 28.3 Å². The molecular weight excluding hydrogens is 508 g/mol. The average molecular weight is 547 g/mol. The zero-order chi connectivity index (χ0) is 27.8. The van der Waals surface area contributed by atoms with Crippen LogP contribution in [-0.2, 0) is 33.1 Å². The summed E-state index contributed by atoms with van der Waals surface area (Å²) in [5, 5.41) is 3.15. The largest absolute Gasteiger partial charge is 0.476 e. The SMILES string of the molecule is CC[C@H](NC(=O)[C@@H]1CN(S(=O)(=O)c2ccccc2)c2cc(C(C)(C)C)ccc2O1)c1ccc2c(c1)CCCC2. The summed E-state index contributed by atoms with van der Waals surface area (Å²) in [7, 11) is -3.93. The Morgan fingerprint density at radius 2 is 1.72 bits per heavy atom. The molecule has 0 radical (unpaired) electrons. The molecule has 0 aromatic heterocycles. The number of carbonyl (C=O) groups excluding carboxylic acids is 1. The second-order valence-corrected chi connectivity index (χ2v) is 13.5. The van der Waals surface area contributed by atoms with E-state index in [-0.39, 0.29) is 28.8 Å². The van der Waals surface area contributed by atoms with Gasteiger partial charge in [-0.15, -0.1) is 0 Å². The van der Waals surface area contributed by atoms with Crippen LogP contribution in [0.3, 0.4) is 0 Å². The number of anilines is 1. The van der Waals surface area contributed by atoms with Gasteiger partial charge in [0.05, 0.1) is 23.2 Å². The summed E-state index contributed by atoms with van der Waals surface area (Å²) in [6, 6.07) is 20.3. The first-order valence-electron chi connectivity index (χ1n) is 13.9. The first-order chi connectivity index (χ1) is 18.6. The number of ether oxygens (including phenoxy) is 1. The number of hydrogen-bond donors (Lipinski definition) is 1. The molecule has 0 saturated carbocycles. The first-order valence-corrected chi connectivity index (χ1v) is 15.3. The van der Waals surface area contributed by atoms with Crippen LogP contribution in [0, 0.1) is 0 Å². The van der Waals surface area contributed by atoms with Crippen molar-refractivity contribution in [3.8, 4) is 5.75 Å². The molecule has 1 aliphatic carbocycles.